The van der Waals surface area contributed by atoms with Gasteiger partial charge in [0.05, 0.1) is 19.6 Å². The molecule has 0 aromatic rings. The molecule has 3 aliphatic rings. The zero-order chi connectivity index (χ0) is 11.4. The van der Waals surface area contributed by atoms with Gasteiger partial charge in [0.1, 0.15) is 17.6 Å². The van der Waals surface area contributed by atoms with E-state index in [-0.39, 0.29) is 25.1 Å². The smallest absolute Gasteiger partial charge is 0.316 e. The topological polar surface area (TPSA) is 61.8 Å². The molecule has 0 unspecified atom stereocenters. The lowest BCUT2D eigenvalue weighted by atomic mass is 9.68. The Labute approximate surface area is 92.3 Å². The van der Waals surface area contributed by atoms with Crippen LogP contribution in [-0.4, -0.2) is 37.4 Å². The Morgan fingerprint density at radius 3 is 3.19 bits per heavy atom. The third kappa shape index (κ3) is 0.942. The molecular formula is C11H12O5. The third-order valence-corrected chi connectivity index (χ3v) is 3.78. The maximum atomic E-state index is 11.9. The molecule has 2 saturated heterocycles. The van der Waals surface area contributed by atoms with E-state index in [1.54, 1.807) is 0 Å². The lowest BCUT2D eigenvalue weighted by molar-refractivity contribution is -0.154. The minimum atomic E-state index is -0.862. The molecule has 0 aromatic carbocycles. The molecule has 3 aliphatic heterocycles. The fourth-order valence-corrected chi connectivity index (χ4v) is 2.91. The molecule has 0 amide bonds. The molecule has 3 heterocycles. The quantitative estimate of drug-likeness (QED) is 0.495. The van der Waals surface area contributed by atoms with Crippen molar-refractivity contribution in [1.82, 2.24) is 0 Å². The highest BCUT2D eigenvalue weighted by molar-refractivity contribution is 5.88. The fraction of sp³-hybridized carbons (Fsp3) is 0.636. The van der Waals surface area contributed by atoms with Gasteiger partial charge in [-0.25, -0.2) is 0 Å². The van der Waals surface area contributed by atoms with Crippen molar-refractivity contribution in [3.8, 4) is 0 Å². The van der Waals surface area contributed by atoms with Gasteiger partial charge in [0.25, 0.3) is 0 Å². The van der Waals surface area contributed by atoms with Crippen LogP contribution in [0.2, 0.25) is 0 Å². The molecule has 0 radical (unpaired) electrons. The van der Waals surface area contributed by atoms with Crippen LogP contribution in [0.4, 0.5) is 0 Å². The number of ether oxygens (including phenoxy) is 3. The van der Waals surface area contributed by atoms with Crippen LogP contribution in [0.25, 0.3) is 0 Å². The summed E-state index contributed by atoms with van der Waals surface area (Å²) in [5, 5.41) is 0. The standard InChI is InChI=1S/C11H12O5/c1-14-8(12)5-10-4-7-2-3-11(10,16-7)6-15-9(10)13/h2-3,7H,4-6H2,1H3/t7-,10-,11-/m0/s1. The second kappa shape index (κ2) is 2.85. The van der Waals surface area contributed by atoms with Gasteiger partial charge in [-0.05, 0) is 12.5 Å². The molecule has 2 fully saturated rings. The van der Waals surface area contributed by atoms with Gasteiger partial charge < -0.3 is 14.2 Å². The SMILES string of the molecule is COC(=O)C[C@]12C[C@@H]3C=C[C@@]1(COC2=O)O3. The van der Waals surface area contributed by atoms with Gasteiger partial charge in [0.2, 0.25) is 0 Å². The predicted octanol–water partition coefficient (Wildman–Crippen LogP) is 0.190. The second-order valence-corrected chi connectivity index (χ2v) is 4.52. The van der Waals surface area contributed by atoms with Crippen molar-refractivity contribution >= 4 is 11.9 Å². The summed E-state index contributed by atoms with van der Waals surface area (Å²) in [6, 6.07) is 0. The van der Waals surface area contributed by atoms with Gasteiger partial charge in [0, 0.05) is 0 Å². The van der Waals surface area contributed by atoms with Gasteiger partial charge in [-0.2, -0.15) is 0 Å². The largest absolute Gasteiger partial charge is 0.469 e. The van der Waals surface area contributed by atoms with Crippen molar-refractivity contribution in [2.75, 3.05) is 13.7 Å². The van der Waals surface area contributed by atoms with Gasteiger partial charge in [0.15, 0.2) is 0 Å². The number of esters is 2. The lowest BCUT2D eigenvalue weighted by Gasteiger charge is -2.30. The summed E-state index contributed by atoms with van der Waals surface area (Å²) in [4.78, 5) is 23.3. The Morgan fingerprint density at radius 1 is 1.69 bits per heavy atom. The molecule has 0 aliphatic carbocycles. The lowest BCUT2D eigenvalue weighted by Crippen LogP contribution is -2.45. The molecule has 1 spiro atoms. The highest BCUT2D eigenvalue weighted by Crippen LogP contribution is 2.58. The molecular weight excluding hydrogens is 212 g/mol. The van der Waals surface area contributed by atoms with E-state index in [0.717, 1.165) is 0 Å². The Hall–Kier alpha value is -1.36. The first-order chi connectivity index (χ1) is 7.62. The summed E-state index contributed by atoms with van der Waals surface area (Å²) in [6.07, 6.45) is 4.25. The molecule has 5 nitrogen and oxygen atoms in total. The van der Waals surface area contributed by atoms with Gasteiger partial charge in [-0.15, -0.1) is 0 Å². The average molecular weight is 224 g/mol. The summed E-state index contributed by atoms with van der Waals surface area (Å²) < 4.78 is 15.4. The minimum Gasteiger partial charge on any atom is -0.469 e. The molecule has 16 heavy (non-hydrogen) atoms. The van der Waals surface area contributed by atoms with E-state index >= 15 is 0 Å². The number of fused-ring (bicyclic) bond motifs is 1. The number of carbonyl (C=O) groups is 2. The van der Waals surface area contributed by atoms with E-state index in [2.05, 4.69) is 4.74 Å². The van der Waals surface area contributed by atoms with Gasteiger partial charge in [-0.1, -0.05) is 6.08 Å². The summed E-state index contributed by atoms with van der Waals surface area (Å²) in [5.74, 6) is -0.743. The highest BCUT2D eigenvalue weighted by Gasteiger charge is 2.70. The number of cyclic esters (lactones) is 1. The maximum absolute atomic E-state index is 11.9. The zero-order valence-electron chi connectivity index (χ0n) is 8.89. The summed E-state index contributed by atoms with van der Waals surface area (Å²) in [5.41, 5.74) is -1.59. The van der Waals surface area contributed by atoms with Crippen molar-refractivity contribution in [2.24, 2.45) is 5.41 Å². The van der Waals surface area contributed by atoms with Crippen LogP contribution < -0.4 is 0 Å². The van der Waals surface area contributed by atoms with E-state index in [4.69, 9.17) is 9.47 Å². The van der Waals surface area contributed by atoms with Crippen LogP contribution in [0.3, 0.4) is 0 Å². The number of rotatable bonds is 2. The first-order valence-electron chi connectivity index (χ1n) is 5.23. The van der Waals surface area contributed by atoms with Crippen LogP contribution in [0.1, 0.15) is 12.8 Å². The maximum Gasteiger partial charge on any atom is 0.316 e. The third-order valence-electron chi connectivity index (χ3n) is 3.78. The Balaban J connectivity index is 2.00. The van der Waals surface area contributed by atoms with E-state index in [1.807, 2.05) is 12.2 Å². The monoisotopic (exact) mass is 224 g/mol. The Kier molecular flexibility index (Phi) is 1.75. The molecule has 0 saturated carbocycles. The van der Waals surface area contributed by atoms with Crippen molar-refractivity contribution in [2.45, 2.75) is 24.5 Å². The van der Waals surface area contributed by atoms with Crippen LogP contribution in [-0.2, 0) is 23.8 Å². The van der Waals surface area contributed by atoms with Crippen LogP contribution in [0.5, 0.6) is 0 Å². The minimum absolute atomic E-state index is 0.0309. The molecule has 0 N–H and O–H groups in total. The zero-order valence-corrected chi connectivity index (χ0v) is 8.89. The van der Waals surface area contributed by atoms with Crippen LogP contribution in [0.15, 0.2) is 12.2 Å². The Morgan fingerprint density at radius 2 is 2.50 bits per heavy atom. The molecule has 3 rings (SSSR count). The van der Waals surface area contributed by atoms with Gasteiger partial charge in [-0.3, -0.25) is 9.59 Å². The first kappa shape index (κ1) is 9.84. The second-order valence-electron chi connectivity index (χ2n) is 4.52. The van der Waals surface area contributed by atoms with E-state index in [0.29, 0.717) is 6.42 Å². The molecule has 5 heteroatoms. The highest BCUT2D eigenvalue weighted by atomic mass is 16.6. The first-order valence-corrected chi connectivity index (χ1v) is 5.23. The van der Waals surface area contributed by atoms with E-state index < -0.39 is 17.0 Å². The number of hydrogen-bond donors (Lipinski definition) is 0. The summed E-state index contributed by atoms with van der Waals surface area (Å²) in [7, 11) is 1.32. The van der Waals surface area contributed by atoms with Crippen molar-refractivity contribution in [3.63, 3.8) is 0 Å². The normalized spacial score (nSPS) is 43.3. The van der Waals surface area contributed by atoms with E-state index in [9.17, 15) is 9.59 Å². The van der Waals surface area contributed by atoms with Crippen molar-refractivity contribution < 1.29 is 23.8 Å². The fourth-order valence-electron chi connectivity index (χ4n) is 2.91. The molecule has 86 valence electrons. The number of carbonyl (C=O) groups excluding carboxylic acids is 2. The van der Waals surface area contributed by atoms with E-state index in [1.165, 1.54) is 7.11 Å². The number of hydrogen-bond acceptors (Lipinski definition) is 5. The molecule has 3 atom stereocenters. The van der Waals surface area contributed by atoms with Crippen LogP contribution >= 0.6 is 0 Å². The average Bonchev–Trinajstić information content (AvgIpc) is 2.88. The van der Waals surface area contributed by atoms with Crippen molar-refractivity contribution in [1.29, 1.82) is 0 Å². The molecule has 2 bridgehead atoms. The molecule has 0 aromatic heterocycles. The summed E-state index contributed by atoms with van der Waals surface area (Å²) in [6.45, 7) is 0.204. The van der Waals surface area contributed by atoms with Crippen LogP contribution in [0, 0.1) is 5.41 Å². The van der Waals surface area contributed by atoms with Gasteiger partial charge >= 0.3 is 11.9 Å². The number of methoxy groups -OCH3 is 1. The Bertz CT molecular complexity index is 401. The predicted molar refractivity (Wildman–Crippen MR) is 51.4 cm³/mol. The van der Waals surface area contributed by atoms with Crippen molar-refractivity contribution in [3.05, 3.63) is 12.2 Å². The summed E-state index contributed by atoms with van der Waals surface area (Å²) >= 11 is 0.